The minimum atomic E-state index is -4.17. The first-order chi connectivity index (χ1) is 6.01. The largest absolute Gasteiger partial charge is 1.00 e. The van der Waals surface area contributed by atoms with E-state index in [1.54, 1.807) is 30.3 Å². The van der Waals surface area contributed by atoms with Gasteiger partial charge in [0.25, 0.3) is 0 Å². The third kappa shape index (κ3) is 4.93. The Hall–Kier alpha value is -0.130. The summed E-state index contributed by atoms with van der Waals surface area (Å²) in [5, 5.41) is 0. The Morgan fingerprint density at radius 2 is 1.79 bits per heavy atom. The molecule has 0 aliphatic carbocycles. The van der Waals surface area contributed by atoms with Crippen LogP contribution in [0.4, 0.5) is 0 Å². The molecule has 0 aliphatic heterocycles. The summed E-state index contributed by atoms with van der Waals surface area (Å²) in [7, 11) is -4.17. The molecular weight excluding hydrogens is 211 g/mol. The molecule has 1 aromatic carbocycles. The third-order valence-electron chi connectivity index (χ3n) is 1.56. The van der Waals surface area contributed by atoms with Gasteiger partial charge in [0.2, 0.25) is 0 Å². The number of hydrogen-bond donors (Lipinski definition) is 0. The van der Waals surface area contributed by atoms with E-state index in [0.717, 1.165) is 5.56 Å². The van der Waals surface area contributed by atoms with E-state index < -0.39 is 15.9 Å². The second kappa shape index (κ2) is 5.68. The van der Waals surface area contributed by atoms with Crippen LogP contribution < -0.4 is 29.6 Å². The maximum atomic E-state index is 10.4. The fourth-order valence-electron chi connectivity index (χ4n) is 0.954. The van der Waals surface area contributed by atoms with E-state index in [2.05, 4.69) is 6.58 Å². The van der Waals surface area contributed by atoms with Crippen molar-refractivity contribution in [1.82, 2.24) is 0 Å². The summed E-state index contributed by atoms with van der Waals surface area (Å²) in [5.74, 6) is -0.454. The Labute approximate surface area is 106 Å². The molecule has 0 aliphatic rings. The van der Waals surface area contributed by atoms with Crippen LogP contribution in [0.2, 0.25) is 0 Å². The van der Waals surface area contributed by atoms with Crippen LogP contribution in [-0.2, 0) is 15.9 Å². The molecule has 1 aromatic rings. The van der Waals surface area contributed by atoms with Crippen molar-refractivity contribution in [3.8, 4) is 0 Å². The SMILES string of the molecule is C=Cc1ccc(CS(=O)(=O)[O-])cc1.[Na+]. The first-order valence-corrected chi connectivity index (χ1v) is 5.24. The summed E-state index contributed by atoms with van der Waals surface area (Å²) in [4.78, 5) is 0. The molecule has 3 nitrogen and oxygen atoms in total. The minimum Gasteiger partial charge on any atom is -0.748 e. The maximum absolute atomic E-state index is 10.4. The fraction of sp³-hybridized carbons (Fsp3) is 0.111. The zero-order valence-electron chi connectivity index (χ0n) is 7.93. The Balaban J connectivity index is 0.00000169. The van der Waals surface area contributed by atoms with Crippen LogP contribution in [0.5, 0.6) is 0 Å². The zero-order chi connectivity index (χ0) is 9.90. The Morgan fingerprint density at radius 3 is 2.14 bits per heavy atom. The summed E-state index contributed by atoms with van der Waals surface area (Å²) in [6.45, 7) is 3.56. The van der Waals surface area contributed by atoms with Gasteiger partial charge in [-0.15, -0.1) is 0 Å². The average Bonchev–Trinajstić information content (AvgIpc) is 2.03. The van der Waals surface area contributed by atoms with Gasteiger partial charge in [0.15, 0.2) is 0 Å². The molecule has 0 N–H and O–H groups in total. The van der Waals surface area contributed by atoms with Gasteiger partial charge in [-0.05, 0) is 11.1 Å². The van der Waals surface area contributed by atoms with E-state index in [4.69, 9.17) is 0 Å². The minimum absolute atomic E-state index is 0. The second-order valence-corrected chi connectivity index (χ2v) is 4.05. The van der Waals surface area contributed by atoms with Crippen molar-refractivity contribution < 1.29 is 42.5 Å². The molecule has 5 heteroatoms. The summed E-state index contributed by atoms with van der Waals surface area (Å²) >= 11 is 0. The van der Waals surface area contributed by atoms with E-state index in [0.29, 0.717) is 5.56 Å². The summed E-state index contributed by atoms with van der Waals surface area (Å²) in [5.41, 5.74) is 1.40. The van der Waals surface area contributed by atoms with Gasteiger partial charge in [0.05, 0.1) is 15.9 Å². The molecule has 0 saturated heterocycles. The van der Waals surface area contributed by atoms with Crippen LogP contribution in [0.25, 0.3) is 6.08 Å². The molecule has 0 spiro atoms. The van der Waals surface area contributed by atoms with Gasteiger partial charge < -0.3 is 4.55 Å². The zero-order valence-corrected chi connectivity index (χ0v) is 10.8. The number of rotatable bonds is 3. The van der Waals surface area contributed by atoms with Crippen LogP contribution in [0.3, 0.4) is 0 Å². The third-order valence-corrected chi connectivity index (χ3v) is 2.25. The van der Waals surface area contributed by atoms with Gasteiger partial charge in [0, 0.05) is 0 Å². The molecule has 0 unspecified atom stereocenters. The maximum Gasteiger partial charge on any atom is 1.00 e. The molecule has 0 bridgehead atoms. The van der Waals surface area contributed by atoms with Crippen molar-refractivity contribution in [2.45, 2.75) is 5.75 Å². The van der Waals surface area contributed by atoms with Gasteiger partial charge in [-0.25, -0.2) is 8.42 Å². The van der Waals surface area contributed by atoms with Crippen molar-refractivity contribution in [3.63, 3.8) is 0 Å². The van der Waals surface area contributed by atoms with Crippen LogP contribution in [-0.4, -0.2) is 13.0 Å². The first kappa shape index (κ1) is 13.9. The topological polar surface area (TPSA) is 57.2 Å². The first-order valence-electron chi connectivity index (χ1n) is 3.66. The summed E-state index contributed by atoms with van der Waals surface area (Å²) in [6.07, 6.45) is 1.65. The summed E-state index contributed by atoms with van der Waals surface area (Å²) in [6, 6.07) is 6.64. The fourth-order valence-corrected chi connectivity index (χ4v) is 1.55. The monoisotopic (exact) mass is 220 g/mol. The van der Waals surface area contributed by atoms with Gasteiger partial charge in [-0.2, -0.15) is 0 Å². The van der Waals surface area contributed by atoms with Crippen molar-refractivity contribution in [2.75, 3.05) is 0 Å². The molecule has 0 aromatic heterocycles. The molecule has 0 fully saturated rings. The Kier molecular flexibility index (Phi) is 5.63. The molecule has 0 heterocycles. The predicted molar refractivity (Wildman–Crippen MR) is 49.9 cm³/mol. The Morgan fingerprint density at radius 1 is 1.29 bits per heavy atom. The van der Waals surface area contributed by atoms with Gasteiger partial charge in [-0.3, -0.25) is 0 Å². The molecule has 0 saturated carbocycles. The van der Waals surface area contributed by atoms with Crippen molar-refractivity contribution in [1.29, 1.82) is 0 Å². The van der Waals surface area contributed by atoms with Crippen molar-refractivity contribution >= 4 is 16.2 Å². The molecule has 70 valence electrons. The van der Waals surface area contributed by atoms with Gasteiger partial charge in [0.1, 0.15) is 0 Å². The predicted octanol–water partition coefficient (Wildman–Crippen LogP) is -1.62. The van der Waals surface area contributed by atoms with Crippen molar-refractivity contribution in [2.24, 2.45) is 0 Å². The van der Waals surface area contributed by atoms with E-state index in [-0.39, 0.29) is 29.6 Å². The molecule has 0 amide bonds. The van der Waals surface area contributed by atoms with E-state index in [1.807, 2.05) is 0 Å². The van der Waals surface area contributed by atoms with Gasteiger partial charge >= 0.3 is 29.6 Å². The molecule has 0 radical (unpaired) electrons. The van der Waals surface area contributed by atoms with Crippen LogP contribution >= 0.6 is 0 Å². The molecular formula is C9H9NaO3S. The quantitative estimate of drug-likeness (QED) is 0.454. The van der Waals surface area contributed by atoms with Gasteiger partial charge in [-0.1, -0.05) is 36.9 Å². The van der Waals surface area contributed by atoms with E-state index in [9.17, 15) is 13.0 Å². The standard InChI is InChI=1S/C9H10O3S.Na/c1-2-8-3-5-9(6-4-8)7-13(10,11)12;/h2-6H,1,7H2,(H,10,11,12);/q;+1/p-1. The van der Waals surface area contributed by atoms with E-state index in [1.165, 1.54) is 0 Å². The van der Waals surface area contributed by atoms with Crippen LogP contribution in [0, 0.1) is 0 Å². The average molecular weight is 220 g/mol. The van der Waals surface area contributed by atoms with E-state index >= 15 is 0 Å². The normalized spacial score (nSPS) is 10.4. The second-order valence-electron chi connectivity index (χ2n) is 2.65. The smallest absolute Gasteiger partial charge is 0.748 e. The summed E-state index contributed by atoms with van der Waals surface area (Å²) < 4.78 is 31.1. The molecule has 1 rings (SSSR count). The van der Waals surface area contributed by atoms with Crippen molar-refractivity contribution in [3.05, 3.63) is 42.0 Å². The van der Waals surface area contributed by atoms with Crippen LogP contribution in [0.15, 0.2) is 30.8 Å². The Bertz CT molecular complexity index is 395. The number of benzene rings is 1. The number of hydrogen-bond acceptors (Lipinski definition) is 3. The van der Waals surface area contributed by atoms with Crippen LogP contribution in [0.1, 0.15) is 11.1 Å². The molecule has 0 atom stereocenters. The molecule has 14 heavy (non-hydrogen) atoms.